The summed E-state index contributed by atoms with van der Waals surface area (Å²) in [6, 6.07) is 4.45. The van der Waals surface area contributed by atoms with Gasteiger partial charge in [-0.15, -0.1) is 0 Å². The van der Waals surface area contributed by atoms with Crippen molar-refractivity contribution in [3.63, 3.8) is 0 Å². The monoisotopic (exact) mass is 239 g/mol. The highest BCUT2D eigenvalue weighted by molar-refractivity contribution is 6.30. The van der Waals surface area contributed by atoms with Gasteiger partial charge in [-0.05, 0) is 44.4 Å². The Hall–Kier alpha value is -0.800. The number of halogens is 1. The van der Waals surface area contributed by atoms with Crippen LogP contribution in [0.2, 0.25) is 5.02 Å². The smallest absolute Gasteiger partial charge is 0.128 e. The fourth-order valence-electron chi connectivity index (χ4n) is 2.33. The van der Waals surface area contributed by atoms with Crippen LogP contribution in [0.15, 0.2) is 18.3 Å². The number of aromatic nitrogens is 1. The molecule has 1 aliphatic heterocycles. The van der Waals surface area contributed by atoms with Crippen molar-refractivity contribution in [1.82, 2.24) is 4.98 Å². The topological polar surface area (TPSA) is 42.1 Å². The molecule has 16 heavy (non-hydrogen) atoms. The van der Waals surface area contributed by atoms with Crippen LogP contribution in [0.5, 0.6) is 0 Å². The van der Waals surface area contributed by atoms with Crippen molar-refractivity contribution in [1.29, 1.82) is 0 Å². The van der Waals surface area contributed by atoms with E-state index in [9.17, 15) is 0 Å². The third-order valence-corrected chi connectivity index (χ3v) is 3.36. The zero-order valence-corrected chi connectivity index (χ0v) is 10.2. The van der Waals surface area contributed by atoms with Crippen molar-refractivity contribution in [2.24, 2.45) is 5.73 Å². The Kier molecular flexibility index (Phi) is 4.02. The van der Waals surface area contributed by atoms with E-state index in [-0.39, 0.29) is 0 Å². The molecule has 0 amide bonds. The second kappa shape index (κ2) is 5.51. The zero-order chi connectivity index (χ0) is 11.4. The predicted octanol–water partition coefficient (Wildman–Crippen LogP) is 2.44. The minimum Gasteiger partial charge on any atom is -0.354 e. The van der Waals surface area contributed by atoms with Crippen LogP contribution in [-0.2, 0) is 0 Å². The van der Waals surface area contributed by atoms with Gasteiger partial charge in [-0.3, -0.25) is 0 Å². The van der Waals surface area contributed by atoms with E-state index < -0.39 is 0 Å². The summed E-state index contributed by atoms with van der Waals surface area (Å²) in [5.41, 5.74) is 5.66. The van der Waals surface area contributed by atoms with Gasteiger partial charge in [-0.25, -0.2) is 4.98 Å². The average molecular weight is 240 g/mol. The lowest BCUT2D eigenvalue weighted by Gasteiger charge is -2.36. The maximum atomic E-state index is 5.85. The molecule has 0 aromatic carbocycles. The number of nitrogens with two attached hydrogens (primary N) is 1. The summed E-state index contributed by atoms with van der Waals surface area (Å²) in [5, 5.41) is 0.691. The largest absolute Gasteiger partial charge is 0.354 e. The quantitative estimate of drug-likeness (QED) is 0.881. The van der Waals surface area contributed by atoms with Crippen molar-refractivity contribution in [2.45, 2.75) is 31.7 Å². The molecule has 2 heterocycles. The third kappa shape index (κ3) is 2.66. The van der Waals surface area contributed by atoms with Gasteiger partial charge in [-0.2, -0.15) is 0 Å². The minimum atomic E-state index is 0.549. The molecule has 1 aromatic rings. The van der Waals surface area contributed by atoms with E-state index in [2.05, 4.69) is 9.88 Å². The van der Waals surface area contributed by atoms with E-state index in [1.54, 1.807) is 6.20 Å². The molecular formula is C12H18ClN3. The predicted molar refractivity (Wildman–Crippen MR) is 67.9 cm³/mol. The average Bonchev–Trinajstić information content (AvgIpc) is 2.32. The molecule has 1 fully saturated rings. The van der Waals surface area contributed by atoms with Gasteiger partial charge < -0.3 is 10.6 Å². The fraction of sp³-hybridized carbons (Fsp3) is 0.583. The SMILES string of the molecule is NCCC1CCCCN1c1ccc(Cl)cn1. The van der Waals surface area contributed by atoms with Crippen molar-refractivity contribution in [2.75, 3.05) is 18.0 Å². The Labute approximate surface area is 102 Å². The van der Waals surface area contributed by atoms with Crippen molar-refractivity contribution in [3.05, 3.63) is 23.4 Å². The normalized spacial score (nSPS) is 21.1. The summed E-state index contributed by atoms with van der Waals surface area (Å²) in [6.45, 7) is 1.83. The van der Waals surface area contributed by atoms with Crippen LogP contribution in [0.4, 0.5) is 5.82 Å². The van der Waals surface area contributed by atoms with Gasteiger partial charge in [-0.1, -0.05) is 11.6 Å². The molecule has 1 atom stereocenters. The molecule has 2 N–H and O–H groups in total. The standard InChI is InChI=1S/C12H18ClN3/c13-10-4-5-12(15-9-10)16-8-2-1-3-11(16)6-7-14/h4-5,9,11H,1-3,6-8,14H2. The first-order valence-electron chi connectivity index (χ1n) is 5.89. The molecule has 88 valence electrons. The van der Waals surface area contributed by atoms with E-state index in [1.165, 1.54) is 19.3 Å². The summed E-state index contributed by atoms with van der Waals surface area (Å²) in [4.78, 5) is 6.76. The molecule has 1 saturated heterocycles. The first-order chi connectivity index (χ1) is 7.81. The Morgan fingerprint density at radius 3 is 3.00 bits per heavy atom. The van der Waals surface area contributed by atoms with Gasteiger partial charge in [0.25, 0.3) is 0 Å². The van der Waals surface area contributed by atoms with Gasteiger partial charge in [0, 0.05) is 18.8 Å². The highest BCUT2D eigenvalue weighted by Crippen LogP contribution is 2.25. The van der Waals surface area contributed by atoms with Crippen molar-refractivity contribution >= 4 is 17.4 Å². The second-order valence-corrected chi connectivity index (χ2v) is 4.69. The van der Waals surface area contributed by atoms with Gasteiger partial charge in [0.2, 0.25) is 0 Å². The molecule has 1 aromatic heterocycles. The van der Waals surface area contributed by atoms with E-state index in [1.807, 2.05) is 12.1 Å². The zero-order valence-electron chi connectivity index (χ0n) is 9.40. The number of nitrogens with zero attached hydrogens (tertiary/aromatic N) is 2. The van der Waals surface area contributed by atoms with Crippen LogP contribution in [0, 0.1) is 0 Å². The molecule has 0 aliphatic carbocycles. The van der Waals surface area contributed by atoms with Crippen molar-refractivity contribution in [3.8, 4) is 0 Å². The second-order valence-electron chi connectivity index (χ2n) is 4.25. The molecule has 2 rings (SSSR count). The summed E-state index contributed by atoms with van der Waals surface area (Å²) in [6.07, 6.45) is 6.52. The molecule has 1 unspecified atom stereocenters. The van der Waals surface area contributed by atoms with E-state index in [4.69, 9.17) is 17.3 Å². The van der Waals surface area contributed by atoms with Gasteiger partial charge in [0.15, 0.2) is 0 Å². The van der Waals surface area contributed by atoms with Crippen LogP contribution in [-0.4, -0.2) is 24.1 Å². The third-order valence-electron chi connectivity index (χ3n) is 3.13. The molecule has 0 bridgehead atoms. The molecule has 4 heteroatoms. The first-order valence-corrected chi connectivity index (χ1v) is 6.27. The highest BCUT2D eigenvalue weighted by Gasteiger charge is 2.22. The molecule has 0 saturated carbocycles. The van der Waals surface area contributed by atoms with Crippen LogP contribution < -0.4 is 10.6 Å². The molecule has 0 radical (unpaired) electrons. The lowest BCUT2D eigenvalue weighted by Crippen LogP contribution is -2.41. The number of hydrogen-bond donors (Lipinski definition) is 1. The van der Waals surface area contributed by atoms with E-state index >= 15 is 0 Å². The number of pyridine rings is 1. The summed E-state index contributed by atoms with van der Waals surface area (Å²) < 4.78 is 0. The summed E-state index contributed by atoms with van der Waals surface area (Å²) in [5.74, 6) is 1.03. The Morgan fingerprint density at radius 1 is 1.44 bits per heavy atom. The lowest BCUT2D eigenvalue weighted by atomic mass is 9.99. The Morgan fingerprint density at radius 2 is 2.31 bits per heavy atom. The van der Waals surface area contributed by atoms with Crippen LogP contribution in [0.1, 0.15) is 25.7 Å². The Bertz CT molecular complexity index is 324. The molecular weight excluding hydrogens is 222 g/mol. The van der Waals surface area contributed by atoms with Crippen molar-refractivity contribution < 1.29 is 0 Å². The minimum absolute atomic E-state index is 0.549. The number of anilines is 1. The summed E-state index contributed by atoms with van der Waals surface area (Å²) in [7, 11) is 0. The highest BCUT2D eigenvalue weighted by atomic mass is 35.5. The molecule has 3 nitrogen and oxygen atoms in total. The lowest BCUT2D eigenvalue weighted by molar-refractivity contribution is 0.439. The van der Waals surface area contributed by atoms with E-state index in [0.29, 0.717) is 11.1 Å². The number of hydrogen-bond acceptors (Lipinski definition) is 3. The van der Waals surface area contributed by atoms with Crippen LogP contribution >= 0.6 is 11.6 Å². The number of piperidine rings is 1. The maximum absolute atomic E-state index is 5.85. The molecule has 1 aliphatic rings. The van der Waals surface area contributed by atoms with Crippen LogP contribution in [0.3, 0.4) is 0 Å². The van der Waals surface area contributed by atoms with Gasteiger partial charge in [0.05, 0.1) is 5.02 Å². The van der Waals surface area contributed by atoms with E-state index in [0.717, 1.165) is 25.3 Å². The van der Waals surface area contributed by atoms with Gasteiger partial charge in [0.1, 0.15) is 5.82 Å². The Balaban J connectivity index is 2.13. The number of rotatable bonds is 3. The fourth-order valence-corrected chi connectivity index (χ4v) is 2.44. The first kappa shape index (κ1) is 11.7. The molecule has 0 spiro atoms. The maximum Gasteiger partial charge on any atom is 0.128 e. The van der Waals surface area contributed by atoms with Gasteiger partial charge >= 0.3 is 0 Å². The summed E-state index contributed by atoms with van der Waals surface area (Å²) >= 11 is 5.85. The van der Waals surface area contributed by atoms with Crippen LogP contribution in [0.25, 0.3) is 0 Å².